The second kappa shape index (κ2) is 8.70. The molecule has 0 aliphatic heterocycles. The fourth-order valence-corrected chi connectivity index (χ4v) is 1.26. The number of imide groups is 1. The van der Waals surface area contributed by atoms with Gasteiger partial charge in [0.15, 0.2) is 0 Å². The Labute approximate surface area is 109 Å². The van der Waals surface area contributed by atoms with Gasteiger partial charge in [-0.25, -0.2) is 4.79 Å². The second-order valence-corrected chi connectivity index (χ2v) is 3.73. The van der Waals surface area contributed by atoms with E-state index in [9.17, 15) is 22.8 Å². The van der Waals surface area contributed by atoms with Crippen molar-refractivity contribution in [2.24, 2.45) is 0 Å². The predicted molar refractivity (Wildman–Crippen MR) is 61.6 cm³/mol. The van der Waals surface area contributed by atoms with Crippen molar-refractivity contribution in [2.45, 2.75) is 13.1 Å². The Morgan fingerprint density at radius 3 is 2.42 bits per heavy atom. The summed E-state index contributed by atoms with van der Waals surface area (Å²) in [6.07, 6.45) is -4.42. The van der Waals surface area contributed by atoms with Crippen molar-refractivity contribution < 1.29 is 27.5 Å². The molecule has 0 spiro atoms. The van der Waals surface area contributed by atoms with Crippen LogP contribution in [0.2, 0.25) is 0 Å². The SMILES string of the molecule is CCNC(=O)NC(=O)CN(CCOC)CC(F)(F)F. The average molecular weight is 285 g/mol. The zero-order chi connectivity index (χ0) is 14.9. The molecule has 0 aromatic heterocycles. The molecule has 0 aromatic rings. The summed E-state index contributed by atoms with van der Waals surface area (Å²) in [5.74, 6) is -0.800. The lowest BCUT2D eigenvalue weighted by atomic mass is 10.4. The van der Waals surface area contributed by atoms with E-state index in [-0.39, 0.29) is 13.2 Å². The van der Waals surface area contributed by atoms with Crippen LogP contribution in [0.5, 0.6) is 0 Å². The molecule has 0 unspecified atom stereocenters. The summed E-state index contributed by atoms with van der Waals surface area (Å²) in [7, 11) is 1.35. The number of urea groups is 1. The van der Waals surface area contributed by atoms with Gasteiger partial charge in [0.25, 0.3) is 0 Å². The number of amides is 3. The van der Waals surface area contributed by atoms with E-state index in [0.717, 1.165) is 4.90 Å². The smallest absolute Gasteiger partial charge is 0.383 e. The third-order valence-electron chi connectivity index (χ3n) is 1.97. The van der Waals surface area contributed by atoms with Crippen molar-refractivity contribution >= 4 is 11.9 Å². The molecule has 19 heavy (non-hydrogen) atoms. The number of carbonyl (C=O) groups excluding carboxylic acids is 2. The van der Waals surface area contributed by atoms with Crippen LogP contribution >= 0.6 is 0 Å². The predicted octanol–water partition coefficient (Wildman–Crippen LogP) is 0.343. The lowest BCUT2D eigenvalue weighted by Gasteiger charge is -2.22. The monoisotopic (exact) mass is 285 g/mol. The molecule has 9 heteroatoms. The molecule has 0 fully saturated rings. The van der Waals surface area contributed by atoms with Crippen LogP contribution in [0.4, 0.5) is 18.0 Å². The number of methoxy groups -OCH3 is 1. The van der Waals surface area contributed by atoms with Gasteiger partial charge in [0.05, 0.1) is 19.7 Å². The highest BCUT2D eigenvalue weighted by molar-refractivity contribution is 5.95. The first kappa shape index (κ1) is 17.6. The van der Waals surface area contributed by atoms with Crippen molar-refractivity contribution in [1.29, 1.82) is 0 Å². The average Bonchev–Trinajstić information content (AvgIpc) is 2.23. The third kappa shape index (κ3) is 10.3. The number of alkyl halides is 3. The van der Waals surface area contributed by atoms with Crippen LogP contribution in [-0.4, -0.2) is 62.9 Å². The highest BCUT2D eigenvalue weighted by Gasteiger charge is 2.31. The van der Waals surface area contributed by atoms with Crippen molar-refractivity contribution in [3.63, 3.8) is 0 Å². The molecule has 3 amide bonds. The van der Waals surface area contributed by atoms with E-state index >= 15 is 0 Å². The first-order chi connectivity index (χ1) is 8.78. The van der Waals surface area contributed by atoms with Crippen LogP contribution in [0.1, 0.15) is 6.92 Å². The summed E-state index contributed by atoms with van der Waals surface area (Å²) in [4.78, 5) is 23.3. The van der Waals surface area contributed by atoms with E-state index < -0.39 is 31.2 Å². The molecular weight excluding hydrogens is 267 g/mol. The highest BCUT2D eigenvalue weighted by atomic mass is 19.4. The summed E-state index contributed by atoms with van der Waals surface area (Å²) in [6, 6.07) is -0.730. The zero-order valence-electron chi connectivity index (χ0n) is 10.8. The van der Waals surface area contributed by atoms with E-state index in [1.807, 2.05) is 5.32 Å². The van der Waals surface area contributed by atoms with Crippen LogP contribution in [0.15, 0.2) is 0 Å². The summed E-state index contributed by atoms with van der Waals surface area (Å²) in [5.41, 5.74) is 0. The number of ether oxygens (including phenoxy) is 1. The van der Waals surface area contributed by atoms with Gasteiger partial charge in [-0.2, -0.15) is 13.2 Å². The van der Waals surface area contributed by atoms with E-state index in [4.69, 9.17) is 0 Å². The molecule has 0 heterocycles. The first-order valence-corrected chi connectivity index (χ1v) is 5.64. The Kier molecular flexibility index (Phi) is 8.08. The van der Waals surface area contributed by atoms with E-state index in [1.165, 1.54) is 7.11 Å². The van der Waals surface area contributed by atoms with Crippen LogP contribution in [-0.2, 0) is 9.53 Å². The van der Waals surface area contributed by atoms with Crippen molar-refractivity contribution in [3.8, 4) is 0 Å². The molecule has 0 aliphatic rings. The number of carbonyl (C=O) groups is 2. The minimum absolute atomic E-state index is 0.0567. The fraction of sp³-hybridized carbons (Fsp3) is 0.800. The number of hydrogen-bond donors (Lipinski definition) is 2. The molecule has 112 valence electrons. The van der Waals surface area contributed by atoms with Gasteiger partial charge in [-0.3, -0.25) is 15.0 Å². The lowest BCUT2D eigenvalue weighted by molar-refractivity contribution is -0.149. The van der Waals surface area contributed by atoms with E-state index in [2.05, 4.69) is 10.1 Å². The molecule has 0 saturated heterocycles. The molecule has 0 rings (SSSR count). The van der Waals surface area contributed by atoms with Gasteiger partial charge in [-0.05, 0) is 6.92 Å². The van der Waals surface area contributed by atoms with Gasteiger partial charge in [0.2, 0.25) is 5.91 Å². The van der Waals surface area contributed by atoms with Gasteiger partial charge < -0.3 is 10.1 Å². The number of nitrogens with zero attached hydrogens (tertiary/aromatic N) is 1. The normalized spacial score (nSPS) is 11.5. The highest BCUT2D eigenvalue weighted by Crippen LogP contribution is 2.16. The van der Waals surface area contributed by atoms with Gasteiger partial charge in [0, 0.05) is 20.2 Å². The topological polar surface area (TPSA) is 70.7 Å². The largest absolute Gasteiger partial charge is 0.401 e. The number of rotatable bonds is 7. The van der Waals surface area contributed by atoms with Gasteiger partial charge >= 0.3 is 12.2 Å². The maximum Gasteiger partial charge on any atom is 0.401 e. The van der Waals surface area contributed by atoms with Crippen LogP contribution in [0.3, 0.4) is 0 Å². The molecule has 0 atom stereocenters. The molecule has 0 aliphatic carbocycles. The van der Waals surface area contributed by atoms with Gasteiger partial charge in [-0.1, -0.05) is 0 Å². The van der Waals surface area contributed by atoms with Crippen LogP contribution < -0.4 is 10.6 Å². The van der Waals surface area contributed by atoms with E-state index in [1.54, 1.807) is 6.92 Å². The minimum Gasteiger partial charge on any atom is -0.383 e. The van der Waals surface area contributed by atoms with Crippen LogP contribution in [0.25, 0.3) is 0 Å². The van der Waals surface area contributed by atoms with Crippen molar-refractivity contribution in [1.82, 2.24) is 15.5 Å². The summed E-state index contributed by atoms with van der Waals surface area (Å²) in [5, 5.41) is 4.24. The van der Waals surface area contributed by atoms with Gasteiger partial charge in [-0.15, -0.1) is 0 Å². The Morgan fingerprint density at radius 1 is 1.32 bits per heavy atom. The molecule has 2 N–H and O–H groups in total. The maximum absolute atomic E-state index is 12.3. The number of halogens is 3. The third-order valence-corrected chi connectivity index (χ3v) is 1.97. The zero-order valence-corrected chi connectivity index (χ0v) is 10.8. The standard InChI is InChI=1S/C10H18F3N3O3/c1-3-14-9(18)15-8(17)6-16(4-5-19-2)7-10(11,12)13/h3-7H2,1-2H3,(H2,14,15,17,18). The van der Waals surface area contributed by atoms with Crippen molar-refractivity contribution in [3.05, 3.63) is 0 Å². The summed E-state index contributed by atoms with van der Waals surface area (Å²) >= 11 is 0. The lowest BCUT2D eigenvalue weighted by Crippen LogP contribution is -2.47. The second-order valence-electron chi connectivity index (χ2n) is 3.73. The molecule has 0 radical (unpaired) electrons. The fourth-order valence-electron chi connectivity index (χ4n) is 1.26. The number of hydrogen-bond acceptors (Lipinski definition) is 4. The Morgan fingerprint density at radius 2 is 1.95 bits per heavy atom. The first-order valence-electron chi connectivity index (χ1n) is 5.64. The Bertz CT molecular complexity index is 297. The Hall–Kier alpha value is -1.35. The summed E-state index contributed by atoms with van der Waals surface area (Å²) < 4.78 is 41.5. The minimum atomic E-state index is -4.42. The Balaban J connectivity index is 4.29. The van der Waals surface area contributed by atoms with E-state index in [0.29, 0.717) is 6.54 Å². The quantitative estimate of drug-likeness (QED) is 0.708. The maximum atomic E-state index is 12.3. The molecular formula is C10H18F3N3O3. The summed E-state index contributed by atoms with van der Waals surface area (Å²) in [6.45, 7) is 0.205. The molecule has 6 nitrogen and oxygen atoms in total. The van der Waals surface area contributed by atoms with Crippen molar-refractivity contribution in [2.75, 3.05) is 39.9 Å². The number of nitrogens with one attached hydrogen (secondary N) is 2. The molecule has 0 bridgehead atoms. The van der Waals surface area contributed by atoms with Crippen LogP contribution in [0, 0.1) is 0 Å². The molecule has 0 aromatic carbocycles. The molecule has 0 saturated carbocycles. The van der Waals surface area contributed by atoms with Gasteiger partial charge in [0.1, 0.15) is 0 Å².